The van der Waals surface area contributed by atoms with Gasteiger partial charge in [0.05, 0.1) is 4.88 Å². The summed E-state index contributed by atoms with van der Waals surface area (Å²) >= 11 is 1.40. The third-order valence-corrected chi connectivity index (χ3v) is 4.41. The van der Waals surface area contributed by atoms with Gasteiger partial charge in [0, 0.05) is 24.9 Å². The Hall–Kier alpha value is -2.34. The molecule has 1 amide bonds. The van der Waals surface area contributed by atoms with Crippen LogP contribution in [0.5, 0.6) is 11.5 Å². The summed E-state index contributed by atoms with van der Waals surface area (Å²) in [4.78, 5) is 24.5. The highest BCUT2D eigenvalue weighted by Gasteiger charge is 2.16. The molecule has 0 fully saturated rings. The summed E-state index contributed by atoms with van der Waals surface area (Å²) in [6, 6.07) is 9.22. The number of carbonyl (C=O) groups is 2. The summed E-state index contributed by atoms with van der Waals surface area (Å²) in [6.45, 7) is 1.40. The minimum absolute atomic E-state index is 0.00368. The minimum Gasteiger partial charge on any atom is -0.486 e. The van der Waals surface area contributed by atoms with E-state index in [0.29, 0.717) is 36.1 Å². The van der Waals surface area contributed by atoms with Crippen molar-refractivity contribution in [2.45, 2.75) is 19.4 Å². The Kier molecular flexibility index (Phi) is 4.92. The van der Waals surface area contributed by atoms with Gasteiger partial charge in [0.25, 0.3) is 0 Å². The van der Waals surface area contributed by atoms with Crippen molar-refractivity contribution in [2.75, 3.05) is 13.2 Å². The largest absolute Gasteiger partial charge is 0.486 e. The van der Waals surface area contributed by atoms with E-state index >= 15 is 0 Å². The van der Waals surface area contributed by atoms with Crippen molar-refractivity contribution in [1.82, 2.24) is 5.32 Å². The molecule has 0 saturated carbocycles. The van der Waals surface area contributed by atoms with Gasteiger partial charge in [0.2, 0.25) is 5.91 Å². The van der Waals surface area contributed by atoms with Crippen molar-refractivity contribution in [3.63, 3.8) is 0 Å². The zero-order valence-electron chi connectivity index (χ0n) is 12.5. The molecule has 1 N–H and O–H groups in total. The molecule has 2 heterocycles. The van der Waals surface area contributed by atoms with Crippen LogP contribution >= 0.6 is 11.3 Å². The molecule has 0 aliphatic carbocycles. The molecule has 3 rings (SSSR count). The maximum absolute atomic E-state index is 11.9. The van der Waals surface area contributed by atoms with E-state index in [1.54, 1.807) is 6.07 Å². The highest BCUT2D eigenvalue weighted by Crippen LogP contribution is 2.33. The molecular formula is C17H17NO4S. The van der Waals surface area contributed by atoms with E-state index in [4.69, 9.17) is 9.47 Å². The number of hydrogen-bond acceptors (Lipinski definition) is 5. The fourth-order valence-electron chi connectivity index (χ4n) is 2.34. The van der Waals surface area contributed by atoms with E-state index in [1.165, 1.54) is 11.3 Å². The molecule has 0 saturated heterocycles. The molecule has 23 heavy (non-hydrogen) atoms. The fraction of sp³-hybridized carbons (Fsp3) is 0.294. The van der Waals surface area contributed by atoms with Crippen LogP contribution in [-0.4, -0.2) is 24.9 Å². The zero-order chi connectivity index (χ0) is 16.1. The van der Waals surface area contributed by atoms with Crippen LogP contribution in [0.15, 0.2) is 35.7 Å². The summed E-state index contributed by atoms with van der Waals surface area (Å²) in [5, 5.41) is 4.68. The number of nitrogens with one attached hydrogen (secondary N) is 1. The molecule has 1 aromatic carbocycles. The van der Waals surface area contributed by atoms with Crippen molar-refractivity contribution in [3.8, 4) is 11.5 Å². The average Bonchev–Trinajstić information content (AvgIpc) is 3.12. The van der Waals surface area contributed by atoms with Crippen molar-refractivity contribution in [1.29, 1.82) is 0 Å². The average molecular weight is 331 g/mol. The van der Waals surface area contributed by atoms with Gasteiger partial charge in [-0.15, -0.1) is 11.3 Å². The first-order chi connectivity index (χ1) is 11.2. The number of carbonyl (C=O) groups excluding carboxylic acids is 2. The summed E-state index contributed by atoms with van der Waals surface area (Å²) < 4.78 is 11.1. The van der Waals surface area contributed by atoms with Crippen molar-refractivity contribution >= 4 is 23.0 Å². The second kappa shape index (κ2) is 7.28. The predicted octanol–water partition coefficient (Wildman–Crippen LogP) is 2.80. The number of para-hydroxylation sites is 1. The molecule has 120 valence electrons. The number of ketones is 1. The lowest BCUT2D eigenvalue weighted by atomic mass is 10.1. The number of amides is 1. The molecule has 2 aromatic rings. The van der Waals surface area contributed by atoms with Crippen LogP contribution < -0.4 is 14.8 Å². The lowest BCUT2D eigenvalue weighted by Gasteiger charge is -2.21. The maximum atomic E-state index is 11.9. The maximum Gasteiger partial charge on any atom is 0.220 e. The van der Waals surface area contributed by atoms with Crippen LogP contribution in [-0.2, 0) is 11.3 Å². The van der Waals surface area contributed by atoms with Crippen molar-refractivity contribution in [3.05, 3.63) is 46.2 Å². The minimum atomic E-state index is -0.149. The zero-order valence-corrected chi connectivity index (χ0v) is 13.4. The van der Waals surface area contributed by atoms with E-state index in [9.17, 15) is 9.59 Å². The van der Waals surface area contributed by atoms with Crippen molar-refractivity contribution in [2.24, 2.45) is 0 Å². The van der Waals surface area contributed by atoms with E-state index in [-0.39, 0.29) is 24.5 Å². The van der Waals surface area contributed by atoms with Gasteiger partial charge in [0.15, 0.2) is 17.3 Å². The topological polar surface area (TPSA) is 64.6 Å². The molecule has 1 aliphatic heterocycles. The number of rotatable bonds is 6. The van der Waals surface area contributed by atoms with Crippen LogP contribution in [0.1, 0.15) is 28.1 Å². The Morgan fingerprint density at radius 3 is 2.78 bits per heavy atom. The van der Waals surface area contributed by atoms with E-state index in [0.717, 1.165) is 5.56 Å². The van der Waals surface area contributed by atoms with Crippen molar-refractivity contribution < 1.29 is 19.1 Å². The lowest BCUT2D eigenvalue weighted by Crippen LogP contribution is -2.24. The van der Waals surface area contributed by atoms with Gasteiger partial charge in [-0.05, 0) is 17.5 Å². The van der Waals surface area contributed by atoms with Gasteiger partial charge in [-0.1, -0.05) is 18.2 Å². The molecule has 1 aliphatic rings. The van der Waals surface area contributed by atoms with E-state index < -0.39 is 0 Å². The second-order valence-electron chi connectivity index (χ2n) is 5.12. The van der Waals surface area contributed by atoms with Gasteiger partial charge in [-0.2, -0.15) is 0 Å². The Labute approximate surface area is 138 Å². The quantitative estimate of drug-likeness (QED) is 0.827. The van der Waals surface area contributed by atoms with Gasteiger partial charge < -0.3 is 14.8 Å². The normalized spacial score (nSPS) is 12.7. The first-order valence-electron chi connectivity index (χ1n) is 7.45. The van der Waals surface area contributed by atoms with Crippen LogP contribution in [0.2, 0.25) is 0 Å². The van der Waals surface area contributed by atoms with Crippen LogP contribution in [0.4, 0.5) is 0 Å². The number of benzene rings is 1. The standard InChI is InChI=1S/C17H17NO4S/c19-13(15-5-2-10-23-15)6-7-16(20)18-11-12-3-1-4-14-17(12)22-9-8-21-14/h1-5,10H,6-9,11H2,(H,18,20). The predicted molar refractivity (Wildman–Crippen MR) is 87.2 cm³/mol. The summed E-state index contributed by atoms with van der Waals surface area (Å²) in [7, 11) is 0. The van der Waals surface area contributed by atoms with Gasteiger partial charge in [-0.25, -0.2) is 0 Å². The Morgan fingerprint density at radius 1 is 1.09 bits per heavy atom. The molecule has 0 atom stereocenters. The first-order valence-corrected chi connectivity index (χ1v) is 8.33. The number of ether oxygens (including phenoxy) is 2. The number of thiophene rings is 1. The highest BCUT2D eigenvalue weighted by atomic mass is 32.1. The van der Waals surface area contributed by atoms with Crippen LogP contribution in [0.25, 0.3) is 0 Å². The monoisotopic (exact) mass is 331 g/mol. The van der Waals surface area contributed by atoms with Crippen LogP contribution in [0, 0.1) is 0 Å². The van der Waals surface area contributed by atoms with Gasteiger partial charge in [-0.3, -0.25) is 9.59 Å². The summed E-state index contributed by atoms with van der Waals surface area (Å²) in [5.41, 5.74) is 0.875. The van der Waals surface area contributed by atoms with E-state index in [1.807, 2.05) is 29.6 Å². The summed E-state index contributed by atoms with van der Waals surface area (Å²) in [5.74, 6) is 1.25. The molecule has 1 aromatic heterocycles. The molecule has 0 radical (unpaired) electrons. The van der Waals surface area contributed by atoms with Gasteiger partial charge in [0.1, 0.15) is 13.2 Å². The Balaban J connectivity index is 1.50. The second-order valence-corrected chi connectivity index (χ2v) is 6.07. The van der Waals surface area contributed by atoms with E-state index in [2.05, 4.69) is 5.32 Å². The fourth-order valence-corrected chi connectivity index (χ4v) is 3.04. The highest BCUT2D eigenvalue weighted by molar-refractivity contribution is 7.12. The Bertz CT molecular complexity index is 697. The number of Topliss-reactive ketones (excluding diaryl/α,β-unsaturated/α-hetero) is 1. The third-order valence-electron chi connectivity index (χ3n) is 3.50. The lowest BCUT2D eigenvalue weighted by molar-refractivity contribution is -0.121. The molecule has 0 spiro atoms. The number of hydrogen-bond donors (Lipinski definition) is 1. The molecule has 0 unspecified atom stereocenters. The molecule has 5 nitrogen and oxygen atoms in total. The third kappa shape index (κ3) is 3.90. The van der Waals surface area contributed by atoms with Crippen LogP contribution in [0.3, 0.4) is 0 Å². The molecule has 0 bridgehead atoms. The molecular weight excluding hydrogens is 314 g/mol. The number of fused-ring (bicyclic) bond motifs is 1. The smallest absolute Gasteiger partial charge is 0.220 e. The SMILES string of the molecule is O=C(CCC(=O)c1cccs1)NCc1cccc2c1OCCO2. The summed E-state index contributed by atoms with van der Waals surface area (Å²) in [6.07, 6.45) is 0.405. The first kappa shape index (κ1) is 15.6. The van der Waals surface area contributed by atoms with Gasteiger partial charge >= 0.3 is 0 Å². The molecule has 6 heteroatoms. The Morgan fingerprint density at radius 2 is 1.96 bits per heavy atom.